The van der Waals surface area contributed by atoms with E-state index in [0.29, 0.717) is 6.04 Å². The van der Waals surface area contributed by atoms with Gasteiger partial charge in [0.25, 0.3) is 20.2 Å². The summed E-state index contributed by atoms with van der Waals surface area (Å²) in [7, 11) is -8.04. The van der Waals surface area contributed by atoms with Crippen LogP contribution in [-0.2, 0) is 20.2 Å². The molecule has 2 aromatic carbocycles. The smallest absolute Gasteiger partial charge is 0.294 e. The molecular weight excluding hydrogens is 450 g/mol. The third-order valence-corrected chi connectivity index (χ3v) is 6.33. The van der Waals surface area contributed by atoms with E-state index in [1.165, 1.54) is 56.4 Å². The van der Waals surface area contributed by atoms with E-state index >= 15 is 0 Å². The summed E-state index contributed by atoms with van der Waals surface area (Å²) in [6.07, 6.45) is 7.73. The van der Waals surface area contributed by atoms with Crippen molar-refractivity contribution in [3.05, 3.63) is 59.7 Å². The summed E-state index contributed by atoms with van der Waals surface area (Å²) in [6.45, 7) is 8.08. The molecule has 0 bridgehead atoms. The summed E-state index contributed by atoms with van der Waals surface area (Å²) in [4.78, 5) is -0.133. The fraction of sp³-hybridized carbons (Fsp3) is 0.478. The molecule has 0 aliphatic heterocycles. The topological polar surface area (TPSA) is 135 Å². The first kappa shape index (κ1) is 30.2. The van der Waals surface area contributed by atoms with Crippen molar-refractivity contribution in [2.75, 3.05) is 0 Å². The molecule has 0 radical (unpaired) electrons. The van der Waals surface area contributed by atoms with Crippen molar-refractivity contribution >= 4 is 20.2 Å². The molecule has 1 unspecified atom stereocenters. The molecule has 0 aliphatic carbocycles. The van der Waals surface area contributed by atoms with Gasteiger partial charge in [-0.15, -0.1) is 0 Å². The molecule has 2 aromatic rings. The summed E-state index contributed by atoms with van der Waals surface area (Å²) >= 11 is 0. The molecule has 0 saturated heterocycles. The Morgan fingerprint density at radius 2 is 1.09 bits per heavy atom. The van der Waals surface area contributed by atoms with E-state index in [9.17, 15) is 16.8 Å². The third kappa shape index (κ3) is 14.3. The minimum atomic E-state index is -4.02. The molecule has 0 heterocycles. The highest BCUT2D eigenvalue weighted by molar-refractivity contribution is 7.86. The number of hydrogen-bond donors (Lipinski definition) is 3. The standard InChI is InChI=1S/C9H21N.2C7H8O3S/c1-3-5-6-7-8-9(10)4-2;2*1-6-2-4-7(5-3-6)11(8,9)10/h9H,3-8,10H2,1-2H3;2*2-5H,1H3,(H,8,9,10). The van der Waals surface area contributed by atoms with Crippen molar-refractivity contribution in [2.45, 2.75) is 82.1 Å². The molecule has 0 amide bonds. The molecule has 0 aromatic heterocycles. The predicted molar refractivity (Wildman–Crippen MR) is 129 cm³/mol. The Kier molecular flexibility index (Phi) is 14.3. The zero-order valence-electron chi connectivity index (χ0n) is 19.4. The van der Waals surface area contributed by atoms with Crippen molar-refractivity contribution in [1.29, 1.82) is 0 Å². The van der Waals surface area contributed by atoms with E-state index in [0.717, 1.165) is 17.5 Å². The zero-order chi connectivity index (χ0) is 24.8. The SMILES string of the molecule is CCCCCCC(N)CC.Cc1ccc(S(=O)(=O)O)cc1.Cc1ccc(S(=O)(=O)O)cc1. The normalized spacial score (nSPS) is 12.1. The summed E-state index contributed by atoms with van der Waals surface area (Å²) in [5.41, 5.74) is 7.67. The van der Waals surface area contributed by atoms with Crippen molar-refractivity contribution in [2.24, 2.45) is 5.73 Å². The molecule has 9 heteroatoms. The first-order chi connectivity index (χ1) is 14.8. The van der Waals surface area contributed by atoms with Crippen LogP contribution in [0.1, 0.15) is 63.5 Å². The van der Waals surface area contributed by atoms with Crippen LogP contribution in [-0.4, -0.2) is 32.0 Å². The molecule has 7 nitrogen and oxygen atoms in total. The van der Waals surface area contributed by atoms with Crippen molar-refractivity contribution < 1.29 is 25.9 Å². The maximum atomic E-state index is 10.5. The Labute approximate surface area is 193 Å². The van der Waals surface area contributed by atoms with Gasteiger partial charge in [-0.1, -0.05) is 74.9 Å². The summed E-state index contributed by atoms with van der Waals surface area (Å²) in [6, 6.07) is 12.4. The van der Waals surface area contributed by atoms with Gasteiger partial charge in [0, 0.05) is 6.04 Å². The Balaban J connectivity index is 0.000000452. The average Bonchev–Trinajstić information content (AvgIpc) is 2.71. The zero-order valence-corrected chi connectivity index (χ0v) is 21.0. The Morgan fingerprint density at radius 3 is 1.38 bits per heavy atom. The molecule has 0 aliphatic rings. The van der Waals surface area contributed by atoms with Crippen LogP contribution in [0, 0.1) is 13.8 Å². The summed E-state index contributed by atoms with van der Waals surface area (Å²) in [5.74, 6) is 0. The molecule has 182 valence electrons. The van der Waals surface area contributed by atoms with Crippen LogP contribution < -0.4 is 5.73 Å². The van der Waals surface area contributed by atoms with Gasteiger partial charge in [0.15, 0.2) is 0 Å². The quantitative estimate of drug-likeness (QED) is 0.345. The highest BCUT2D eigenvalue weighted by atomic mass is 32.2. The lowest BCUT2D eigenvalue weighted by Crippen LogP contribution is -2.17. The summed E-state index contributed by atoms with van der Waals surface area (Å²) < 4.78 is 59.1. The number of hydrogen-bond acceptors (Lipinski definition) is 5. The van der Waals surface area contributed by atoms with Crippen LogP contribution in [0.15, 0.2) is 58.3 Å². The Bertz CT molecular complexity index is 897. The lowest BCUT2D eigenvalue weighted by molar-refractivity contribution is 0.481. The molecule has 1 atom stereocenters. The van der Waals surface area contributed by atoms with Crippen LogP contribution in [0.4, 0.5) is 0 Å². The monoisotopic (exact) mass is 487 g/mol. The Morgan fingerprint density at radius 1 is 0.719 bits per heavy atom. The predicted octanol–water partition coefficient (Wildman–Crippen LogP) is 5.18. The maximum absolute atomic E-state index is 10.5. The molecule has 4 N–H and O–H groups in total. The van der Waals surface area contributed by atoms with Crippen LogP contribution in [0.5, 0.6) is 0 Å². The fourth-order valence-electron chi connectivity index (χ4n) is 2.46. The first-order valence-corrected chi connectivity index (χ1v) is 13.5. The van der Waals surface area contributed by atoms with Crippen LogP contribution in [0.25, 0.3) is 0 Å². The van der Waals surface area contributed by atoms with Crippen LogP contribution in [0.2, 0.25) is 0 Å². The van der Waals surface area contributed by atoms with Gasteiger partial charge in [0.05, 0.1) is 9.79 Å². The number of nitrogens with two attached hydrogens (primary N) is 1. The van der Waals surface area contributed by atoms with E-state index < -0.39 is 20.2 Å². The maximum Gasteiger partial charge on any atom is 0.294 e. The average molecular weight is 488 g/mol. The third-order valence-electron chi connectivity index (χ3n) is 4.59. The molecule has 32 heavy (non-hydrogen) atoms. The summed E-state index contributed by atoms with van der Waals surface area (Å²) in [5, 5.41) is 0. The highest BCUT2D eigenvalue weighted by Crippen LogP contribution is 2.09. The van der Waals surface area contributed by atoms with Crippen LogP contribution in [0.3, 0.4) is 0 Å². The second-order valence-electron chi connectivity index (χ2n) is 7.59. The van der Waals surface area contributed by atoms with Crippen molar-refractivity contribution in [3.8, 4) is 0 Å². The van der Waals surface area contributed by atoms with E-state index in [1.807, 2.05) is 13.8 Å². The molecule has 0 spiro atoms. The van der Waals surface area contributed by atoms with Gasteiger partial charge in [-0.2, -0.15) is 16.8 Å². The van der Waals surface area contributed by atoms with Gasteiger partial charge in [0.1, 0.15) is 0 Å². The van der Waals surface area contributed by atoms with Crippen LogP contribution >= 0.6 is 0 Å². The van der Waals surface area contributed by atoms with Gasteiger partial charge < -0.3 is 5.73 Å². The van der Waals surface area contributed by atoms with E-state index in [1.54, 1.807) is 24.3 Å². The largest absolute Gasteiger partial charge is 0.328 e. The van der Waals surface area contributed by atoms with E-state index in [4.69, 9.17) is 14.8 Å². The van der Waals surface area contributed by atoms with Gasteiger partial charge in [-0.3, -0.25) is 9.11 Å². The number of benzene rings is 2. The Hall–Kier alpha value is -1.78. The van der Waals surface area contributed by atoms with Crippen molar-refractivity contribution in [3.63, 3.8) is 0 Å². The minimum Gasteiger partial charge on any atom is -0.328 e. The van der Waals surface area contributed by atoms with Gasteiger partial charge in [-0.25, -0.2) is 0 Å². The van der Waals surface area contributed by atoms with E-state index in [-0.39, 0.29) is 9.79 Å². The minimum absolute atomic E-state index is 0.0666. The lowest BCUT2D eigenvalue weighted by atomic mass is 10.1. The molecular formula is C23H37NO6S2. The number of unbranched alkanes of at least 4 members (excludes halogenated alkanes) is 3. The first-order valence-electron chi connectivity index (χ1n) is 10.6. The number of rotatable bonds is 8. The molecule has 2 rings (SSSR count). The van der Waals surface area contributed by atoms with E-state index in [2.05, 4.69) is 13.8 Å². The van der Waals surface area contributed by atoms with Gasteiger partial charge in [0.2, 0.25) is 0 Å². The molecule has 0 saturated carbocycles. The second kappa shape index (κ2) is 15.1. The van der Waals surface area contributed by atoms with Gasteiger partial charge in [-0.05, 0) is 51.0 Å². The van der Waals surface area contributed by atoms with Gasteiger partial charge >= 0.3 is 0 Å². The number of aryl methyl sites for hydroxylation is 2. The second-order valence-corrected chi connectivity index (χ2v) is 10.4. The lowest BCUT2D eigenvalue weighted by Gasteiger charge is -2.06. The fourth-order valence-corrected chi connectivity index (χ4v) is 3.42. The highest BCUT2D eigenvalue weighted by Gasteiger charge is 2.07. The molecule has 0 fully saturated rings. The van der Waals surface area contributed by atoms with Crippen molar-refractivity contribution in [1.82, 2.24) is 0 Å².